The Morgan fingerprint density at radius 1 is 1.30 bits per heavy atom. The van der Waals surface area contributed by atoms with E-state index in [0.717, 1.165) is 38.4 Å². The van der Waals surface area contributed by atoms with E-state index in [9.17, 15) is 4.79 Å². The van der Waals surface area contributed by atoms with E-state index in [1.807, 2.05) is 18.7 Å². The van der Waals surface area contributed by atoms with E-state index >= 15 is 0 Å². The van der Waals surface area contributed by atoms with E-state index in [0.29, 0.717) is 36.4 Å². The molecule has 6 nitrogen and oxygen atoms in total. The van der Waals surface area contributed by atoms with E-state index in [4.69, 9.17) is 9.26 Å². The summed E-state index contributed by atoms with van der Waals surface area (Å²) < 4.78 is 11.0. The minimum atomic E-state index is 0.0536. The molecular formula is C17H27N3O3. The lowest BCUT2D eigenvalue weighted by atomic mass is 10.0. The SMILES string of the molecule is CCCC1COCC2CN(C(=O)c3c(CC)noc3C)CCN12. The smallest absolute Gasteiger partial charge is 0.259 e. The maximum Gasteiger partial charge on any atom is 0.259 e. The quantitative estimate of drug-likeness (QED) is 0.847. The van der Waals surface area contributed by atoms with Crippen molar-refractivity contribution < 1.29 is 14.1 Å². The average molecular weight is 321 g/mol. The van der Waals surface area contributed by atoms with Gasteiger partial charge in [-0.1, -0.05) is 25.4 Å². The molecule has 2 atom stereocenters. The third kappa shape index (κ3) is 3.15. The number of hydrogen-bond acceptors (Lipinski definition) is 5. The van der Waals surface area contributed by atoms with Crippen LogP contribution in [0.1, 0.15) is 48.5 Å². The molecule has 2 aliphatic rings. The Bertz CT molecular complexity index is 555. The van der Waals surface area contributed by atoms with Gasteiger partial charge in [0.15, 0.2) is 0 Å². The Labute approximate surface area is 137 Å². The molecule has 2 saturated heterocycles. The summed E-state index contributed by atoms with van der Waals surface area (Å²) in [5.41, 5.74) is 1.42. The van der Waals surface area contributed by atoms with E-state index in [1.165, 1.54) is 6.42 Å². The van der Waals surface area contributed by atoms with Gasteiger partial charge in [-0.05, 0) is 19.8 Å². The number of carbonyl (C=O) groups is 1. The molecular weight excluding hydrogens is 294 g/mol. The van der Waals surface area contributed by atoms with Crippen molar-refractivity contribution >= 4 is 5.91 Å². The Kier molecular flexibility index (Phi) is 5.02. The highest BCUT2D eigenvalue weighted by Gasteiger charge is 2.37. The van der Waals surface area contributed by atoms with Crippen molar-refractivity contribution in [1.82, 2.24) is 15.0 Å². The van der Waals surface area contributed by atoms with Gasteiger partial charge in [-0.2, -0.15) is 0 Å². The van der Waals surface area contributed by atoms with Gasteiger partial charge in [-0.15, -0.1) is 0 Å². The fourth-order valence-corrected chi connectivity index (χ4v) is 3.79. The number of carbonyl (C=O) groups excluding carboxylic acids is 1. The zero-order valence-corrected chi connectivity index (χ0v) is 14.4. The largest absolute Gasteiger partial charge is 0.378 e. The molecule has 0 aliphatic carbocycles. The average Bonchev–Trinajstić information content (AvgIpc) is 2.95. The lowest BCUT2D eigenvalue weighted by molar-refractivity contribution is -0.0776. The number of aromatic nitrogens is 1. The molecule has 2 fully saturated rings. The Balaban J connectivity index is 1.72. The van der Waals surface area contributed by atoms with Gasteiger partial charge >= 0.3 is 0 Å². The predicted octanol–water partition coefficient (Wildman–Crippen LogP) is 1.87. The maximum atomic E-state index is 12.9. The zero-order chi connectivity index (χ0) is 16.4. The monoisotopic (exact) mass is 321 g/mol. The highest BCUT2D eigenvalue weighted by molar-refractivity contribution is 5.96. The Hall–Kier alpha value is -1.40. The van der Waals surface area contributed by atoms with Crippen molar-refractivity contribution in [3.8, 4) is 0 Å². The molecule has 23 heavy (non-hydrogen) atoms. The number of ether oxygens (including phenoxy) is 1. The molecule has 0 saturated carbocycles. The van der Waals surface area contributed by atoms with E-state index in [1.54, 1.807) is 0 Å². The highest BCUT2D eigenvalue weighted by Crippen LogP contribution is 2.24. The predicted molar refractivity (Wildman–Crippen MR) is 86.5 cm³/mol. The molecule has 1 aromatic rings. The van der Waals surface area contributed by atoms with E-state index in [-0.39, 0.29) is 5.91 Å². The number of hydrogen-bond donors (Lipinski definition) is 0. The second-order valence-electron chi connectivity index (χ2n) is 6.54. The second-order valence-corrected chi connectivity index (χ2v) is 6.54. The standard InChI is InChI=1S/C17H27N3O3/c1-4-6-13-10-22-11-14-9-19(7-8-20(13)14)17(21)16-12(3)23-18-15(16)5-2/h13-14H,4-11H2,1-3H3. The number of piperazine rings is 1. The normalized spacial score (nSPS) is 25.4. The molecule has 0 radical (unpaired) electrons. The van der Waals surface area contributed by atoms with Crippen LogP contribution in [-0.2, 0) is 11.2 Å². The first-order valence-electron chi connectivity index (χ1n) is 8.73. The summed E-state index contributed by atoms with van der Waals surface area (Å²) in [5, 5.41) is 4.01. The van der Waals surface area contributed by atoms with Crippen molar-refractivity contribution in [2.75, 3.05) is 32.8 Å². The van der Waals surface area contributed by atoms with Gasteiger partial charge in [-0.25, -0.2) is 0 Å². The number of rotatable bonds is 4. The third-order valence-corrected chi connectivity index (χ3v) is 5.01. The van der Waals surface area contributed by atoms with Crippen molar-refractivity contribution in [3.05, 3.63) is 17.0 Å². The van der Waals surface area contributed by atoms with E-state index in [2.05, 4.69) is 17.0 Å². The molecule has 0 aromatic carbocycles. The number of nitrogens with zero attached hydrogens (tertiary/aromatic N) is 3. The summed E-state index contributed by atoms with van der Waals surface area (Å²) in [5.74, 6) is 0.677. The van der Waals surface area contributed by atoms with Gasteiger partial charge in [0.1, 0.15) is 11.3 Å². The molecule has 128 valence electrons. The summed E-state index contributed by atoms with van der Waals surface area (Å²) in [6, 6.07) is 0.808. The summed E-state index contributed by atoms with van der Waals surface area (Å²) in [4.78, 5) is 17.4. The second kappa shape index (κ2) is 7.01. The minimum absolute atomic E-state index is 0.0536. The summed E-state index contributed by atoms with van der Waals surface area (Å²) in [6.07, 6.45) is 3.04. The van der Waals surface area contributed by atoms with E-state index < -0.39 is 0 Å². The van der Waals surface area contributed by atoms with Gasteiger partial charge in [0.2, 0.25) is 0 Å². The van der Waals surface area contributed by atoms with Crippen molar-refractivity contribution in [2.24, 2.45) is 0 Å². The van der Waals surface area contributed by atoms with Gasteiger partial charge in [0.25, 0.3) is 5.91 Å². The fourth-order valence-electron chi connectivity index (χ4n) is 3.79. The van der Waals surface area contributed by atoms with Crippen LogP contribution in [0.15, 0.2) is 4.52 Å². The van der Waals surface area contributed by atoms with Crippen molar-refractivity contribution in [1.29, 1.82) is 0 Å². The maximum absolute atomic E-state index is 12.9. The summed E-state index contributed by atoms with van der Waals surface area (Å²) >= 11 is 0. The van der Waals surface area contributed by atoms with Crippen LogP contribution in [0.5, 0.6) is 0 Å². The van der Waals surface area contributed by atoms with Crippen LogP contribution in [0.3, 0.4) is 0 Å². The first-order chi connectivity index (χ1) is 11.2. The van der Waals surface area contributed by atoms with Gasteiger partial charge in [0.05, 0.1) is 24.9 Å². The lowest BCUT2D eigenvalue weighted by Crippen LogP contribution is -2.62. The van der Waals surface area contributed by atoms with Crippen LogP contribution >= 0.6 is 0 Å². The summed E-state index contributed by atoms with van der Waals surface area (Å²) in [7, 11) is 0. The number of amides is 1. The third-order valence-electron chi connectivity index (χ3n) is 5.01. The van der Waals surface area contributed by atoms with Gasteiger partial charge < -0.3 is 14.2 Å². The summed E-state index contributed by atoms with van der Waals surface area (Å²) in [6.45, 7) is 9.99. The Morgan fingerprint density at radius 3 is 2.87 bits per heavy atom. The molecule has 1 amide bonds. The molecule has 3 heterocycles. The van der Waals surface area contributed by atoms with Crippen LogP contribution in [0.2, 0.25) is 0 Å². The van der Waals surface area contributed by atoms with Crippen molar-refractivity contribution in [3.63, 3.8) is 0 Å². The number of aryl methyl sites for hydroxylation is 2. The van der Waals surface area contributed by atoms with Crippen LogP contribution in [0.25, 0.3) is 0 Å². The molecule has 0 spiro atoms. The van der Waals surface area contributed by atoms with Gasteiger partial charge in [0, 0.05) is 25.7 Å². The number of morpholine rings is 1. The Morgan fingerprint density at radius 2 is 2.13 bits per heavy atom. The van der Waals surface area contributed by atoms with Crippen LogP contribution < -0.4 is 0 Å². The topological polar surface area (TPSA) is 58.8 Å². The molecule has 2 aliphatic heterocycles. The van der Waals surface area contributed by atoms with Crippen molar-refractivity contribution in [2.45, 2.75) is 52.1 Å². The lowest BCUT2D eigenvalue weighted by Gasteiger charge is -2.48. The molecule has 0 N–H and O–H groups in total. The molecule has 1 aromatic heterocycles. The molecule has 6 heteroatoms. The fraction of sp³-hybridized carbons (Fsp3) is 0.765. The molecule has 0 bridgehead atoms. The molecule has 3 rings (SSSR count). The first kappa shape index (κ1) is 16.5. The van der Waals surface area contributed by atoms with Crippen LogP contribution in [-0.4, -0.2) is 65.8 Å². The number of fused-ring (bicyclic) bond motifs is 1. The minimum Gasteiger partial charge on any atom is -0.378 e. The first-order valence-corrected chi connectivity index (χ1v) is 8.73. The molecule has 2 unspecified atom stereocenters. The van der Waals surface area contributed by atoms with Crippen LogP contribution in [0, 0.1) is 6.92 Å². The van der Waals surface area contributed by atoms with Gasteiger partial charge in [-0.3, -0.25) is 9.69 Å². The van der Waals surface area contributed by atoms with Crippen LogP contribution in [0.4, 0.5) is 0 Å². The zero-order valence-electron chi connectivity index (χ0n) is 14.4. The highest BCUT2D eigenvalue weighted by atomic mass is 16.5.